The van der Waals surface area contributed by atoms with Gasteiger partial charge in [-0.05, 0) is 5.92 Å². The summed E-state index contributed by atoms with van der Waals surface area (Å²) in [7, 11) is 0. The molecule has 0 aromatic rings. The van der Waals surface area contributed by atoms with Crippen LogP contribution in [0.3, 0.4) is 0 Å². The SMILES string of the molecule is C.C.C.C.C.C.CCCC(C)C.[W]. The fourth-order valence-corrected chi connectivity index (χ4v) is 0.577. The summed E-state index contributed by atoms with van der Waals surface area (Å²) >= 11 is 0. The molecule has 0 fully saturated rings. The number of hydrogen-bond donors (Lipinski definition) is 0. The van der Waals surface area contributed by atoms with E-state index in [1.807, 2.05) is 0 Å². The quantitative estimate of drug-likeness (QED) is 0.541. The fourth-order valence-electron chi connectivity index (χ4n) is 0.577. The van der Waals surface area contributed by atoms with E-state index in [-0.39, 0.29) is 65.6 Å². The van der Waals surface area contributed by atoms with Crippen LogP contribution in [0.15, 0.2) is 0 Å². The first-order chi connectivity index (χ1) is 2.77. The van der Waals surface area contributed by atoms with E-state index in [0.717, 1.165) is 5.92 Å². The van der Waals surface area contributed by atoms with Crippen molar-refractivity contribution >= 4 is 0 Å². The predicted molar refractivity (Wildman–Crippen MR) is 70.1 cm³/mol. The molecule has 0 N–H and O–H groups in total. The maximum Gasteiger partial charge on any atom is 0 e. The zero-order valence-corrected chi connectivity index (χ0v) is 8.33. The Labute approximate surface area is 105 Å². The van der Waals surface area contributed by atoms with Crippen molar-refractivity contribution in [1.29, 1.82) is 0 Å². The molecule has 0 unspecified atom stereocenters. The second kappa shape index (κ2) is 53.6. The summed E-state index contributed by atoms with van der Waals surface area (Å²) in [5.41, 5.74) is 0. The Bertz CT molecular complexity index is 26.3. The summed E-state index contributed by atoms with van der Waals surface area (Å²) in [6, 6.07) is 0. The number of hydrogen-bond acceptors (Lipinski definition) is 0. The van der Waals surface area contributed by atoms with Crippen molar-refractivity contribution in [3.63, 3.8) is 0 Å². The molecule has 0 rings (SSSR count). The van der Waals surface area contributed by atoms with Crippen molar-refractivity contribution < 1.29 is 21.1 Å². The van der Waals surface area contributed by atoms with E-state index >= 15 is 0 Å². The van der Waals surface area contributed by atoms with E-state index in [1.54, 1.807) is 0 Å². The van der Waals surface area contributed by atoms with Gasteiger partial charge in [-0.25, -0.2) is 0 Å². The van der Waals surface area contributed by atoms with Gasteiger partial charge < -0.3 is 0 Å². The van der Waals surface area contributed by atoms with Crippen LogP contribution in [-0.4, -0.2) is 0 Å². The van der Waals surface area contributed by atoms with Crippen molar-refractivity contribution in [1.82, 2.24) is 0 Å². The molecule has 0 atom stereocenters. The maximum atomic E-state index is 2.25. The van der Waals surface area contributed by atoms with Gasteiger partial charge in [-0.2, -0.15) is 0 Å². The molecular formula is C12H38W. The first-order valence-corrected chi connectivity index (χ1v) is 2.77. The van der Waals surface area contributed by atoms with E-state index in [9.17, 15) is 0 Å². The zero-order valence-electron chi connectivity index (χ0n) is 5.40. The summed E-state index contributed by atoms with van der Waals surface area (Å²) in [6.07, 6.45) is 2.71. The van der Waals surface area contributed by atoms with Gasteiger partial charge in [0.25, 0.3) is 0 Å². The van der Waals surface area contributed by atoms with E-state index < -0.39 is 0 Å². The molecule has 0 heterocycles. The average Bonchev–Trinajstić information content (AvgIpc) is 1.35. The molecule has 0 aromatic carbocycles. The van der Waals surface area contributed by atoms with Gasteiger partial charge in [-0.15, -0.1) is 0 Å². The Kier molecular flexibility index (Phi) is 281. The first kappa shape index (κ1) is 68.1. The summed E-state index contributed by atoms with van der Waals surface area (Å²) in [4.78, 5) is 0. The fraction of sp³-hybridized carbons (Fsp3) is 1.00. The summed E-state index contributed by atoms with van der Waals surface area (Å²) in [5, 5.41) is 0. The Morgan fingerprint density at radius 2 is 1.00 bits per heavy atom. The van der Waals surface area contributed by atoms with Crippen molar-refractivity contribution in [2.24, 2.45) is 5.92 Å². The van der Waals surface area contributed by atoms with Crippen LogP contribution in [0.1, 0.15) is 78.2 Å². The van der Waals surface area contributed by atoms with Crippen LogP contribution in [0.4, 0.5) is 0 Å². The molecule has 0 aromatic heterocycles. The Morgan fingerprint density at radius 3 is 1.00 bits per heavy atom. The molecule has 0 aliphatic heterocycles. The minimum absolute atomic E-state index is 0. The van der Waals surface area contributed by atoms with Gasteiger partial charge in [-0.1, -0.05) is 78.2 Å². The molecule has 0 aliphatic rings. The molecule has 0 bridgehead atoms. The second-order valence-corrected chi connectivity index (χ2v) is 2.18. The van der Waals surface area contributed by atoms with E-state index in [4.69, 9.17) is 0 Å². The summed E-state index contributed by atoms with van der Waals surface area (Å²) < 4.78 is 0. The molecule has 0 amide bonds. The molecule has 0 nitrogen and oxygen atoms in total. The van der Waals surface area contributed by atoms with Crippen LogP contribution in [0.2, 0.25) is 0 Å². The third-order valence-electron chi connectivity index (χ3n) is 0.866. The van der Waals surface area contributed by atoms with Crippen LogP contribution in [0.25, 0.3) is 0 Å². The van der Waals surface area contributed by atoms with Gasteiger partial charge in [0.1, 0.15) is 0 Å². The average molecular weight is 366 g/mol. The number of rotatable bonds is 2. The molecule has 1 heteroatoms. The van der Waals surface area contributed by atoms with E-state index in [1.165, 1.54) is 12.8 Å². The van der Waals surface area contributed by atoms with Crippen LogP contribution in [0.5, 0.6) is 0 Å². The predicted octanol–water partition coefficient (Wildman–Crippen LogP) is 6.26. The molecule has 0 aliphatic carbocycles. The van der Waals surface area contributed by atoms with E-state index in [0.29, 0.717) is 0 Å². The van der Waals surface area contributed by atoms with Gasteiger partial charge in [-0.3, -0.25) is 0 Å². The van der Waals surface area contributed by atoms with Crippen LogP contribution in [-0.2, 0) is 21.1 Å². The molecule has 92 valence electrons. The van der Waals surface area contributed by atoms with Crippen LogP contribution < -0.4 is 0 Å². The van der Waals surface area contributed by atoms with Gasteiger partial charge in [0.15, 0.2) is 0 Å². The Hall–Kier alpha value is 0.688. The van der Waals surface area contributed by atoms with Crippen LogP contribution in [0, 0.1) is 5.92 Å². The smallest absolute Gasteiger partial charge is 0 e. The molecular weight excluding hydrogens is 328 g/mol. The van der Waals surface area contributed by atoms with Crippen LogP contribution >= 0.6 is 0 Å². The molecule has 0 spiro atoms. The molecule has 0 saturated heterocycles. The van der Waals surface area contributed by atoms with Gasteiger partial charge >= 0.3 is 0 Å². The molecule has 0 saturated carbocycles. The van der Waals surface area contributed by atoms with Crippen molar-refractivity contribution in [3.8, 4) is 0 Å². The largest absolute Gasteiger partial charge is 0.0776 e. The topological polar surface area (TPSA) is 0 Å². The van der Waals surface area contributed by atoms with Crippen molar-refractivity contribution in [2.75, 3.05) is 0 Å². The Balaban J connectivity index is -0.00000000595. The monoisotopic (exact) mass is 366 g/mol. The normalized spacial score (nSPS) is 4.62. The molecule has 0 radical (unpaired) electrons. The molecule has 13 heavy (non-hydrogen) atoms. The third-order valence-corrected chi connectivity index (χ3v) is 0.866. The zero-order chi connectivity index (χ0) is 4.99. The van der Waals surface area contributed by atoms with Crippen molar-refractivity contribution in [2.45, 2.75) is 78.2 Å². The summed E-state index contributed by atoms with van der Waals surface area (Å²) in [5.74, 6) is 0.898. The van der Waals surface area contributed by atoms with Crippen molar-refractivity contribution in [3.05, 3.63) is 0 Å². The van der Waals surface area contributed by atoms with E-state index in [2.05, 4.69) is 20.8 Å². The minimum Gasteiger partial charge on any atom is -0.0776 e. The van der Waals surface area contributed by atoms with Gasteiger partial charge in [0, 0.05) is 21.1 Å². The first-order valence-electron chi connectivity index (χ1n) is 2.77. The summed E-state index contributed by atoms with van der Waals surface area (Å²) in [6.45, 7) is 6.73. The van der Waals surface area contributed by atoms with Gasteiger partial charge in [0.05, 0.1) is 0 Å². The minimum atomic E-state index is 0. The Morgan fingerprint density at radius 1 is 0.769 bits per heavy atom. The second-order valence-electron chi connectivity index (χ2n) is 2.18. The standard InChI is InChI=1S/C6H14.6CH4.W/c1-4-5-6(2)3;;;;;;;/h6H,4-5H2,1-3H3;6*1H4;. The van der Waals surface area contributed by atoms with Gasteiger partial charge in [0.2, 0.25) is 0 Å². The third kappa shape index (κ3) is 107. The maximum absolute atomic E-state index is 2.25.